The smallest absolute Gasteiger partial charge is 0.323 e. The molecule has 0 aromatic rings. The predicted molar refractivity (Wildman–Crippen MR) is 80.9 cm³/mol. The molecule has 0 saturated heterocycles. The Kier molecular flexibility index (Phi) is 6.96. The molecule has 0 aromatic carbocycles. The van der Waals surface area contributed by atoms with Crippen molar-refractivity contribution in [3.63, 3.8) is 0 Å². The van der Waals surface area contributed by atoms with Crippen molar-refractivity contribution in [1.29, 1.82) is 0 Å². The van der Waals surface area contributed by atoms with Crippen molar-refractivity contribution in [2.75, 3.05) is 0 Å². The first-order valence-corrected chi connectivity index (χ1v) is 7.41. The van der Waals surface area contributed by atoms with Crippen LogP contribution in [-0.2, 0) is 9.45 Å². The molecular formula is C14H27BN2O2. The number of hydrogen-bond acceptors (Lipinski definition) is 3. The van der Waals surface area contributed by atoms with Crippen LogP contribution >= 0.6 is 0 Å². The van der Waals surface area contributed by atoms with E-state index in [0.29, 0.717) is 5.92 Å². The molecule has 1 fully saturated rings. The average Bonchev–Trinajstić information content (AvgIpc) is 2.39. The van der Waals surface area contributed by atoms with Gasteiger partial charge in [-0.2, -0.15) is 0 Å². The van der Waals surface area contributed by atoms with E-state index < -0.39 is 0 Å². The van der Waals surface area contributed by atoms with Gasteiger partial charge in [0, 0.05) is 6.04 Å². The van der Waals surface area contributed by atoms with E-state index in [-0.39, 0.29) is 23.9 Å². The van der Waals surface area contributed by atoms with Crippen LogP contribution in [0.5, 0.6) is 0 Å². The largest absolute Gasteiger partial charge is 0.560 e. The Labute approximate surface area is 117 Å². The number of carbonyl (C=O) groups excluding carboxylic acids is 1. The monoisotopic (exact) mass is 266 g/mol. The van der Waals surface area contributed by atoms with Crippen molar-refractivity contribution in [1.82, 2.24) is 5.32 Å². The Hall–Kier alpha value is -0.995. The summed E-state index contributed by atoms with van der Waals surface area (Å²) in [6, 6.07) is -0.113. The van der Waals surface area contributed by atoms with Gasteiger partial charge in [0.2, 0.25) is 5.91 Å². The van der Waals surface area contributed by atoms with Gasteiger partial charge in [0.1, 0.15) is 6.04 Å². The summed E-state index contributed by atoms with van der Waals surface area (Å²) in [6.07, 6.45) is 7.74. The minimum absolute atomic E-state index is 0.0152. The van der Waals surface area contributed by atoms with E-state index in [4.69, 9.17) is 4.65 Å². The molecule has 2 atom stereocenters. The standard InChI is InChI=1S/C14H27BN2O2/c1-10(2)13(16-9-19-15)14(18)17-11(3)12-7-5-4-6-8-12/h9-13H,4-8,15H2,1-3H3,(H,17,18)/t11-,13+/m0/s1. The Morgan fingerprint density at radius 3 is 2.47 bits per heavy atom. The Bertz CT molecular complexity index is 302. The summed E-state index contributed by atoms with van der Waals surface area (Å²) in [5.41, 5.74) is 0. The van der Waals surface area contributed by atoms with Crippen LogP contribution in [-0.4, -0.2) is 32.4 Å². The molecule has 0 unspecified atom stereocenters. The highest BCUT2D eigenvalue weighted by molar-refractivity contribution is 6.02. The number of rotatable bonds is 6. The zero-order valence-corrected chi connectivity index (χ0v) is 12.7. The van der Waals surface area contributed by atoms with Gasteiger partial charge in [-0.15, -0.1) is 0 Å². The van der Waals surface area contributed by atoms with Crippen molar-refractivity contribution < 1.29 is 9.45 Å². The normalized spacial score (nSPS) is 20.4. The summed E-state index contributed by atoms with van der Waals surface area (Å²) >= 11 is 0. The van der Waals surface area contributed by atoms with Gasteiger partial charge < -0.3 is 9.97 Å². The zero-order chi connectivity index (χ0) is 14.3. The molecule has 1 N–H and O–H groups in total. The molecule has 5 heteroatoms. The molecule has 1 saturated carbocycles. The predicted octanol–water partition coefficient (Wildman–Crippen LogP) is 1.69. The Morgan fingerprint density at radius 2 is 1.95 bits per heavy atom. The maximum absolute atomic E-state index is 12.3. The summed E-state index contributed by atoms with van der Waals surface area (Å²) in [7, 11) is 1.55. The third-order valence-electron chi connectivity index (χ3n) is 3.95. The van der Waals surface area contributed by atoms with Crippen LogP contribution in [0.25, 0.3) is 0 Å². The Morgan fingerprint density at radius 1 is 1.32 bits per heavy atom. The summed E-state index contributed by atoms with van der Waals surface area (Å²) in [6.45, 7) is 6.12. The van der Waals surface area contributed by atoms with Gasteiger partial charge >= 0.3 is 8.05 Å². The van der Waals surface area contributed by atoms with Crippen molar-refractivity contribution in [2.24, 2.45) is 16.8 Å². The van der Waals surface area contributed by atoms with E-state index in [9.17, 15) is 4.79 Å². The Balaban J connectivity index is 2.52. The van der Waals surface area contributed by atoms with Gasteiger partial charge in [0.25, 0.3) is 0 Å². The summed E-state index contributed by atoms with van der Waals surface area (Å²) in [4.78, 5) is 16.4. The highest BCUT2D eigenvalue weighted by Crippen LogP contribution is 2.26. The highest BCUT2D eigenvalue weighted by Gasteiger charge is 2.26. The van der Waals surface area contributed by atoms with Crippen molar-refractivity contribution in [3.8, 4) is 0 Å². The van der Waals surface area contributed by atoms with Crippen molar-refractivity contribution in [2.45, 2.75) is 65.0 Å². The molecule has 0 aliphatic heterocycles. The number of nitrogens with one attached hydrogen (secondary N) is 1. The van der Waals surface area contributed by atoms with Crippen LogP contribution < -0.4 is 5.32 Å². The first kappa shape index (κ1) is 16.1. The lowest BCUT2D eigenvalue weighted by atomic mass is 9.84. The number of amides is 1. The minimum Gasteiger partial charge on any atom is -0.560 e. The molecule has 0 radical (unpaired) electrons. The third kappa shape index (κ3) is 5.25. The fourth-order valence-corrected chi connectivity index (χ4v) is 2.73. The van der Waals surface area contributed by atoms with Gasteiger partial charge in [-0.25, -0.2) is 4.99 Å². The molecule has 4 nitrogen and oxygen atoms in total. The molecule has 0 heterocycles. The number of carbonyl (C=O) groups is 1. The van der Waals surface area contributed by atoms with Crippen LogP contribution in [0.15, 0.2) is 4.99 Å². The maximum atomic E-state index is 12.3. The van der Waals surface area contributed by atoms with Crippen molar-refractivity contribution in [3.05, 3.63) is 0 Å². The summed E-state index contributed by atoms with van der Waals surface area (Å²) in [5.74, 6) is 0.809. The first-order valence-electron chi connectivity index (χ1n) is 7.41. The van der Waals surface area contributed by atoms with Gasteiger partial charge in [-0.1, -0.05) is 33.1 Å². The summed E-state index contributed by atoms with van der Waals surface area (Å²) < 4.78 is 4.82. The molecule has 108 valence electrons. The average molecular weight is 266 g/mol. The second-order valence-electron chi connectivity index (χ2n) is 5.87. The second-order valence-corrected chi connectivity index (χ2v) is 5.87. The number of hydrogen-bond donors (Lipinski definition) is 1. The molecular weight excluding hydrogens is 239 g/mol. The SMILES string of the molecule is BOC=N[C@@H](C(=O)N[C@@H](C)C1CCCCC1)C(C)C. The number of aliphatic imine (C=N–C) groups is 1. The zero-order valence-electron chi connectivity index (χ0n) is 12.7. The van der Waals surface area contributed by atoms with Gasteiger partial charge in [0.15, 0.2) is 6.40 Å². The molecule has 1 aliphatic rings. The van der Waals surface area contributed by atoms with Crippen LogP contribution in [0.4, 0.5) is 0 Å². The lowest BCUT2D eigenvalue weighted by molar-refractivity contribution is -0.124. The van der Waals surface area contributed by atoms with Crippen LogP contribution in [0, 0.1) is 11.8 Å². The molecule has 1 amide bonds. The first-order chi connectivity index (χ1) is 9.06. The molecule has 1 aliphatic carbocycles. The van der Waals surface area contributed by atoms with Crippen molar-refractivity contribution >= 4 is 20.4 Å². The molecule has 19 heavy (non-hydrogen) atoms. The van der Waals surface area contributed by atoms with Gasteiger partial charge in [-0.3, -0.25) is 4.79 Å². The van der Waals surface area contributed by atoms with Gasteiger partial charge in [-0.05, 0) is 31.6 Å². The van der Waals surface area contributed by atoms with E-state index in [2.05, 4.69) is 17.2 Å². The molecule has 1 rings (SSSR count). The van der Waals surface area contributed by atoms with E-state index in [1.54, 1.807) is 8.05 Å². The van der Waals surface area contributed by atoms with Crippen LogP contribution in [0.2, 0.25) is 0 Å². The molecule has 0 bridgehead atoms. The lowest BCUT2D eigenvalue weighted by Gasteiger charge is -2.29. The fourth-order valence-electron chi connectivity index (χ4n) is 2.73. The van der Waals surface area contributed by atoms with Crippen LogP contribution in [0.3, 0.4) is 0 Å². The van der Waals surface area contributed by atoms with E-state index in [1.165, 1.54) is 38.5 Å². The second kappa shape index (κ2) is 8.23. The maximum Gasteiger partial charge on any atom is 0.323 e. The fraction of sp³-hybridized carbons (Fsp3) is 0.857. The van der Waals surface area contributed by atoms with Crippen LogP contribution in [0.1, 0.15) is 52.9 Å². The molecule has 0 aromatic heterocycles. The topological polar surface area (TPSA) is 50.7 Å². The van der Waals surface area contributed by atoms with E-state index >= 15 is 0 Å². The quantitative estimate of drug-likeness (QED) is 0.452. The lowest BCUT2D eigenvalue weighted by Crippen LogP contribution is -2.45. The van der Waals surface area contributed by atoms with E-state index in [0.717, 1.165) is 0 Å². The molecule has 0 spiro atoms. The van der Waals surface area contributed by atoms with Gasteiger partial charge in [0.05, 0.1) is 0 Å². The third-order valence-corrected chi connectivity index (χ3v) is 3.95. The van der Waals surface area contributed by atoms with E-state index in [1.807, 2.05) is 13.8 Å². The summed E-state index contributed by atoms with van der Waals surface area (Å²) in [5, 5.41) is 3.13. The highest BCUT2D eigenvalue weighted by atomic mass is 16.4. The number of nitrogens with zero attached hydrogens (tertiary/aromatic N) is 1. The minimum atomic E-state index is -0.356.